The Hall–Kier alpha value is -2.78. The normalized spacial score (nSPS) is 15.0. The molecular formula is C26H32Cl2N6O2. The van der Waals surface area contributed by atoms with Crippen molar-refractivity contribution in [1.29, 1.82) is 0 Å². The molecule has 5 rings (SSSR count). The van der Waals surface area contributed by atoms with Crippen molar-refractivity contribution in [2.75, 3.05) is 40.4 Å². The molecule has 3 heterocycles. The molecule has 36 heavy (non-hydrogen) atoms. The third-order valence-corrected chi connectivity index (χ3v) is 7.32. The Morgan fingerprint density at radius 2 is 1.94 bits per heavy atom. The first kappa shape index (κ1) is 26.3. The number of nitrogens with one attached hydrogen (secondary N) is 2. The maximum atomic E-state index is 6.59. The van der Waals surface area contributed by atoms with E-state index >= 15 is 0 Å². The number of fused-ring (bicyclic) bond motifs is 1. The molecule has 2 aromatic carbocycles. The lowest BCUT2D eigenvalue weighted by molar-refractivity contribution is 0.183. The molecular weight excluding hydrogens is 499 g/mol. The van der Waals surface area contributed by atoms with Crippen molar-refractivity contribution in [3.05, 3.63) is 58.8 Å². The van der Waals surface area contributed by atoms with Crippen molar-refractivity contribution in [3.63, 3.8) is 0 Å². The predicted molar refractivity (Wildman–Crippen MR) is 146 cm³/mol. The number of piperazine rings is 1. The summed E-state index contributed by atoms with van der Waals surface area (Å²) in [6.45, 7) is 8.67. The summed E-state index contributed by atoms with van der Waals surface area (Å²) in [6, 6.07) is 8.10. The molecule has 0 spiro atoms. The largest absolute Gasteiger partial charge is 0.493 e. The van der Waals surface area contributed by atoms with Gasteiger partial charge < -0.3 is 19.8 Å². The molecule has 0 bridgehead atoms. The maximum absolute atomic E-state index is 6.59. The number of aromatic nitrogens is 4. The van der Waals surface area contributed by atoms with Gasteiger partial charge in [-0.2, -0.15) is 5.10 Å². The molecule has 1 unspecified atom stereocenters. The van der Waals surface area contributed by atoms with E-state index in [4.69, 9.17) is 26.2 Å². The van der Waals surface area contributed by atoms with Gasteiger partial charge in [0, 0.05) is 54.4 Å². The number of ether oxygens (including phenoxy) is 2. The summed E-state index contributed by atoms with van der Waals surface area (Å²) in [5.41, 5.74) is 5.83. The average molecular weight is 531 g/mol. The average Bonchev–Trinajstić information content (AvgIpc) is 3.53. The number of benzene rings is 2. The van der Waals surface area contributed by atoms with Crippen LogP contribution in [0.25, 0.3) is 22.0 Å². The highest BCUT2D eigenvalue weighted by Gasteiger charge is 2.29. The molecule has 1 aliphatic heterocycles. The summed E-state index contributed by atoms with van der Waals surface area (Å²) in [5, 5.41) is 10.4. The Bertz CT molecular complexity index is 1330. The minimum Gasteiger partial charge on any atom is -0.493 e. The van der Waals surface area contributed by atoms with Crippen molar-refractivity contribution < 1.29 is 9.47 Å². The molecule has 1 fully saturated rings. The minimum absolute atomic E-state index is 0. The predicted octanol–water partition coefficient (Wildman–Crippen LogP) is 4.84. The number of aromatic amines is 1. The van der Waals surface area contributed by atoms with Crippen molar-refractivity contribution in [3.8, 4) is 22.6 Å². The topological polar surface area (TPSA) is 80.2 Å². The van der Waals surface area contributed by atoms with Gasteiger partial charge in [-0.05, 0) is 31.0 Å². The van der Waals surface area contributed by atoms with Crippen molar-refractivity contribution in [1.82, 2.24) is 30.0 Å². The number of methoxy groups -OCH3 is 2. The van der Waals surface area contributed by atoms with Gasteiger partial charge in [-0.1, -0.05) is 23.7 Å². The fourth-order valence-electron chi connectivity index (χ4n) is 5.00. The number of hydrogen-bond donors (Lipinski definition) is 2. The summed E-state index contributed by atoms with van der Waals surface area (Å²) in [6.07, 6.45) is 3.59. The lowest BCUT2D eigenvalue weighted by atomic mass is 9.93. The van der Waals surface area contributed by atoms with Gasteiger partial charge in [0.25, 0.3) is 0 Å². The second-order valence-electron chi connectivity index (χ2n) is 8.86. The summed E-state index contributed by atoms with van der Waals surface area (Å²) in [7, 11) is 3.34. The third kappa shape index (κ3) is 4.66. The molecule has 1 aliphatic rings. The number of hydrogen-bond acceptors (Lipinski definition) is 6. The first-order valence-electron chi connectivity index (χ1n) is 11.9. The zero-order valence-corrected chi connectivity index (χ0v) is 22.5. The first-order chi connectivity index (χ1) is 17.0. The van der Waals surface area contributed by atoms with Crippen LogP contribution in [0.15, 0.2) is 36.8 Å². The zero-order chi connectivity index (χ0) is 24.5. The molecule has 4 aromatic rings. The van der Waals surface area contributed by atoms with Gasteiger partial charge in [0.15, 0.2) is 11.5 Å². The fourth-order valence-corrected chi connectivity index (χ4v) is 5.17. The minimum atomic E-state index is 0. The smallest absolute Gasteiger partial charge is 0.169 e. The van der Waals surface area contributed by atoms with Gasteiger partial charge in [0.2, 0.25) is 0 Å². The van der Waals surface area contributed by atoms with E-state index in [0.29, 0.717) is 23.1 Å². The summed E-state index contributed by atoms with van der Waals surface area (Å²) in [4.78, 5) is 9.96. The van der Waals surface area contributed by atoms with Crippen LogP contribution in [0.2, 0.25) is 5.02 Å². The Kier molecular flexibility index (Phi) is 8.10. The van der Waals surface area contributed by atoms with Crippen molar-refractivity contribution >= 4 is 34.9 Å². The lowest BCUT2D eigenvalue weighted by Gasteiger charge is -2.32. The van der Waals surface area contributed by atoms with E-state index in [1.807, 2.05) is 36.0 Å². The highest BCUT2D eigenvalue weighted by Crippen LogP contribution is 2.48. The van der Waals surface area contributed by atoms with Gasteiger partial charge in [-0.3, -0.25) is 9.58 Å². The number of rotatable bonds is 7. The summed E-state index contributed by atoms with van der Waals surface area (Å²) in [5.74, 6) is 1.33. The Morgan fingerprint density at radius 1 is 1.17 bits per heavy atom. The number of nitrogens with zero attached hydrogens (tertiary/aromatic N) is 4. The van der Waals surface area contributed by atoms with Gasteiger partial charge in [0.1, 0.15) is 0 Å². The van der Waals surface area contributed by atoms with Crippen LogP contribution in [0.3, 0.4) is 0 Å². The van der Waals surface area contributed by atoms with E-state index in [1.54, 1.807) is 20.5 Å². The van der Waals surface area contributed by atoms with Crippen LogP contribution < -0.4 is 14.8 Å². The molecule has 2 N–H and O–H groups in total. The standard InChI is InChI=1S/C26H31ClN6O2.ClH/c1-16-19(6-5-7-20(16)27)23-24-21(12-22(34-3)26(23)35-4)33(14-18-13-29-15-30-18)31-25(24)17(2)32-10-8-28-9-11-32;/h5-7,12-13,15,17,28H,8-11,14H2,1-4H3,(H,29,30);1H. The Labute approximate surface area is 222 Å². The second kappa shape index (κ2) is 11.1. The lowest BCUT2D eigenvalue weighted by Crippen LogP contribution is -2.44. The monoisotopic (exact) mass is 530 g/mol. The molecule has 8 nitrogen and oxygen atoms in total. The van der Waals surface area contributed by atoms with Crippen LogP contribution in [0.1, 0.15) is 29.9 Å². The summed E-state index contributed by atoms with van der Waals surface area (Å²) < 4.78 is 13.8. The molecule has 0 saturated carbocycles. The highest BCUT2D eigenvalue weighted by molar-refractivity contribution is 6.31. The third-order valence-electron chi connectivity index (χ3n) is 6.91. The molecule has 0 aliphatic carbocycles. The van der Waals surface area contributed by atoms with Gasteiger partial charge in [-0.15, -0.1) is 12.4 Å². The molecule has 10 heteroatoms. The van der Waals surface area contributed by atoms with Crippen LogP contribution in [-0.4, -0.2) is 65.0 Å². The summed E-state index contributed by atoms with van der Waals surface area (Å²) >= 11 is 6.59. The van der Waals surface area contributed by atoms with Gasteiger partial charge in [-0.25, -0.2) is 4.98 Å². The SMILES string of the molecule is COc1cc2c(c(C(C)N3CCNCC3)nn2Cc2c[nH]cn2)c(-c2cccc(Cl)c2C)c1OC.Cl. The van der Waals surface area contributed by atoms with Crippen LogP contribution >= 0.6 is 24.0 Å². The van der Waals surface area contributed by atoms with Crippen LogP contribution in [0.5, 0.6) is 11.5 Å². The van der Waals surface area contributed by atoms with E-state index in [2.05, 4.69) is 33.2 Å². The van der Waals surface area contributed by atoms with Gasteiger partial charge in [0.05, 0.1) is 50.0 Å². The Morgan fingerprint density at radius 3 is 2.61 bits per heavy atom. The molecule has 0 amide bonds. The molecule has 0 radical (unpaired) electrons. The number of H-pyrrole nitrogens is 1. The zero-order valence-electron chi connectivity index (χ0n) is 21.0. The van der Waals surface area contributed by atoms with E-state index in [-0.39, 0.29) is 18.4 Å². The van der Waals surface area contributed by atoms with Gasteiger partial charge >= 0.3 is 0 Å². The quantitative estimate of drug-likeness (QED) is 0.355. The maximum Gasteiger partial charge on any atom is 0.169 e. The van der Waals surface area contributed by atoms with Crippen molar-refractivity contribution in [2.24, 2.45) is 0 Å². The number of halogens is 2. The molecule has 192 valence electrons. The van der Waals surface area contributed by atoms with E-state index < -0.39 is 0 Å². The fraction of sp³-hybridized carbons (Fsp3) is 0.385. The highest BCUT2D eigenvalue weighted by atomic mass is 35.5. The van der Waals surface area contributed by atoms with Crippen molar-refractivity contribution in [2.45, 2.75) is 26.4 Å². The molecule has 2 aromatic heterocycles. The van der Waals surface area contributed by atoms with E-state index in [9.17, 15) is 0 Å². The van der Waals surface area contributed by atoms with E-state index in [1.165, 1.54) is 0 Å². The van der Waals surface area contributed by atoms with Crippen LogP contribution in [0.4, 0.5) is 0 Å². The first-order valence-corrected chi connectivity index (χ1v) is 12.2. The second-order valence-corrected chi connectivity index (χ2v) is 9.27. The van der Waals surface area contributed by atoms with Crippen LogP contribution in [0, 0.1) is 6.92 Å². The Balaban J connectivity index is 0.00000304. The number of imidazole rings is 1. The molecule has 1 saturated heterocycles. The molecule has 1 atom stereocenters. The van der Waals surface area contributed by atoms with E-state index in [0.717, 1.165) is 65.2 Å². The van der Waals surface area contributed by atoms with Crippen LogP contribution in [-0.2, 0) is 6.54 Å².